The van der Waals surface area contributed by atoms with Gasteiger partial charge in [-0.15, -0.1) is 0 Å². The van der Waals surface area contributed by atoms with Gasteiger partial charge in [-0.2, -0.15) is 13.2 Å². The van der Waals surface area contributed by atoms with Crippen LogP contribution in [-0.4, -0.2) is 27.8 Å². The summed E-state index contributed by atoms with van der Waals surface area (Å²) < 4.78 is 54.0. The topological polar surface area (TPSA) is 54.3 Å². The lowest BCUT2D eigenvalue weighted by Gasteiger charge is -2.37. The summed E-state index contributed by atoms with van der Waals surface area (Å²) in [6, 6.07) is 14.1. The number of carbonyl (C=O) groups is 2. The zero-order valence-corrected chi connectivity index (χ0v) is 18.2. The number of benzene rings is 2. The maximum atomic E-state index is 13.4. The number of fused-ring (bicyclic) bond motifs is 1. The third kappa shape index (κ3) is 5.30. The summed E-state index contributed by atoms with van der Waals surface area (Å²) >= 11 is 0. The van der Waals surface area contributed by atoms with Gasteiger partial charge < -0.3 is 14.8 Å². The first kappa shape index (κ1) is 23.5. The molecule has 0 radical (unpaired) electrons. The molecule has 0 saturated carbocycles. The molecule has 2 amide bonds. The van der Waals surface area contributed by atoms with E-state index in [2.05, 4.69) is 5.32 Å². The van der Waals surface area contributed by atoms with Crippen molar-refractivity contribution >= 4 is 11.8 Å². The van der Waals surface area contributed by atoms with E-state index in [0.717, 1.165) is 23.4 Å². The summed E-state index contributed by atoms with van der Waals surface area (Å²) in [6.45, 7) is 0.980. The van der Waals surface area contributed by atoms with Gasteiger partial charge in [0.15, 0.2) is 0 Å². The average molecular weight is 473 g/mol. The van der Waals surface area contributed by atoms with E-state index in [9.17, 15) is 27.2 Å². The number of rotatable bonds is 6. The van der Waals surface area contributed by atoms with E-state index in [0.29, 0.717) is 18.7 Å². The van der Waals surface area contributed by atoms with Gasteiger partial charge in [-0.05, 0) is 47.5 Å². The fraction of sp³-hybridized carbons (Fsp3) is 0.280. The van der Waals surface area contributed by atoms with Crippen molar-refractivity contribution in [3.8, 4) is 0 Å². The smallest absolute Gasteiger partial charge is 0.352 e. The summed E-state index contributed by atoms with van der Waals surface area (Å²) in [4.78, 5) is 27.0. The highest BCUT2D eigenvalue weighted by Gasteiger charge is 2.32. The Morgan fingerprint density at radius 2 is 1.74 bits per heavy atom. The molecule has 34 heavy (non-hydrogen) atoms. The number of carbonyl (C=O) groups excluding carboxylic acids is 2. The highest BCUT2D eigenvalue weighted by atomic mass is 19.4. The summed E-state index contributed by atoms with van der Waals surface area (Å²) in [5.74, 6) is -1.02. The van der Waals surface area contributed by atoms with Crippen molar-refractivity contribution in [1.29, 1.82) is 0 Å². The van der Waals surface area contributed by atoms with E-state index in [1.165, 1.54) is 24.3 Å². The van der Waals surface area contributed by atoms with Crippen LogP contribution >= 0.6 is 0 Å². The molecule has 1 N–H and O–H groups in total. The van der Waals surface area contributed by atoms with E-state index in [1.54, 1.807) is 17.0 Å². The predicted molar refractivity (Wildman–Crippen MR) is 117 cm³/mol. The van der Waals surface area contributed by atoms with Gasteiger partial charge in [0, 0.05) is 44.4 Å². The second-order valence-electron chi connectivity index (χ2n) is 8.14. The molecular weight excluding hydrogens is 450 g/mol. The maximum Gasteiger partial charge on any atom is 0.416 e. The molecule has 178 valence electrons. The standard InChI is InChI=1S/C25H23F4N3O2/c26-20-8-6-18(7-9-20)24-21-5-2-12-31(21)13-14-32(24)23(34)11-10-22(33)30-16-17-3-1-4-19(15-17)25(27,28)29/h1-9,12,15,24H,10-11,13-14,16H2,(H,30,33). The van der Waals surface area contributed by atoms with Crippen molar-refractivity contribution in [2.75, 3.05) is 6.54 Å². The second kappa shape index (κ2) is 9.70. The van der Waals surface area contributed by atoms with Crippen molar-refractivity contribution in [2.24, 2.45) is 0 Å². The molecule has 0 aliphatic carbocycles. The number of aromatic nitrogens is 1. The number of hydrogen-bond donors (Lipinski definition) is 1. The number of amides is 2. The first-order chi connectivity index (χ1) is 16.2. The molecule has 0 saturated heterocycles. The van der Waals surface area contributed by atoms with Crippen LogP contribution in [0.2, 0.25) is 0 Å². The summed E-state index contributed by atoms with van der Waals surface area (Å²) in [5.41, 5.74) is 1.21. The van der Waals surface area contributed by atoms with E-state index < -0.39 is 23.7 Å². The fourth-order valence-electron chi connectivity index (χ4n) is 4.16. The number of nitrogens with zero attached hydrogens (tertiary/aromatic N) is 2. The Morgan fingerprint density at radius 3 is 2.47 bits per heavy atom. The lowest BCUT2D eigenvalue weighted by atomic mass is 9.99. The van der Waals surface area contributed by atoms with Gasteiger partial charge in [0.05, 0.1) is 11.6 Å². The average Bonchev–Trinajstić information content (AvgIpc) is 3.30. The maximum absolute atomic E-state index is 13.4. The molecule has 0 fully saturated rings. The van der Waals surface area contributed by atoms with Gasteiger partial charge in [-0.3, -0.25) is 9.59 Å². The number of alkyl halides is 3. The molecule has 1 atom stereocenters. The van der Waals surface area contributed by atoms with Crippen LogP contribution in [-0.2, 0) is 28.9 Å². The zero-order valence-electron chi connectivity index (χ0n) is 18.2. The van der Waals surface area contributed by atoms with Crippen molar-refractivity contribution in [1.82, 2.24) is 14.8 Å². The van der Waals surface area contributed by atoms with Gasteiger partial charge in [0.1, 0.15) is 5.82 Å². The summed E-state index contributed by atoms with van der Waals surface area (Å²) in [5, 5.41) is 2.57. The summed E-state index contributed by atoms with van der Waals surface area (Å²) in [6.07, 6.45) is -2.67. The monoisotopic (exact) mass is 473 g/mol. The number of hydrogen-bond acceptors (Lipinski definition) is 2. The quantitative estimate of drug-likeness (QED) is 0.529. The largest absolute Gasteiger partial charge is 0.416 e. The minimum Gasteiger partial charge on any atom is -0.352 e. The molecule has 2 heterocycles. The Bertz CT molecular complexity index is 1170. The SMILES string of the molecule is O=C(CCC(=O)N1CCn2cccc2C1c1ccc(F)cc1)NCc1cccc(C(F)(F)F)c1. The van der Waals surface area contributed by atoms with E-state index in [-0.39, 0.29) is 31.1 Å². The Labute approximate surface area is 194 Å². The lowest BCUT2D eigenvalue weighted by molar-refractivity contribution is -0.137. The Hall–Kier alpha value is -3.62. The molecule has 2 aromatic carbocycles. The minimum atomic E-state index is -4.46. The highest BCUT2D eigenvalue weighted by Crippen LogP contribution is 2.33. The predicted octanol–water partition coefficient (Wildman–Crippen LogP) is 4.67. The van der Waals surface area contributed by atoms with Gasteiger partial charge in [-0.25, -0.2) is 4.39 Å². The van der Waals surface area contributed by atoms with E-state index in [4.69, 9.17) is 0 Å². The van der Waals surface area contributed by atoms with Crippen molar-refractivity contribution in [2.45, 2.75) is 38.1 Å². The number of halogens is 4. The van der Waals surface area contributed by atoms with Crippen LogP contribution in [0.4, 0.5) is 17.6 Å². The molecule has 1 unspecified atom stereocenters. The van der Waals surface area contributed by atoms with Crippen molar-refractivity contribution in [3.05, 3.63) is 95.1 Å². The summed E-state index contributed by atoms with van der Waals surface area (Å²) in [7, 11) is 0. The number of nitrogens with one attached hydrogen (secondary N) is 1. The van der Waals surface area contributed by atoms with Gasteiger partial charge >= 0.3 is 6.18 Å². The molecule has 3 aromatic rings. The van der Waals surface area contributed by atoms with Gasteiger partial charge in [0.2, 0.25) is 11.8 Å². The van der Waals surface area contributed by atoms with Crippen LogP contribution < -0.4 is 5.32 Å². The fourth-order valence-corrected chi connectivity index (χ4v) is 4.16. The zero-order chi connectivity index (χ0) is 24.3. The van der Waals surface area contributed by atoms with Crippen molar-refractivity contribution < 1.29 is 27.2 Å². The molecule has 1 aliphatic rings. The molecule has 1 aromatic heterocycles. The van der Waals surface area contributed by atoms with E-state index >= 15 is 0 Å². The molecular formula is C25H23F4N3O2. The normalized spacial score (nSPS) is 15.6. The minimum absolute atomic E-state index is 0.0488. The van der Waals surface area contributed by atoms with Crippen LogP contribution in [0, 0.1) is 5.82 Å². The first-order valence-electron chi connectivity index (χ1n) is 10.8. The Kier molecular flexibility index (Phi) is 6.72. The lowest BCUT2D eigenvalue weighted by Crippen LogP contribution is -2.42. The third-order valence-corrected chi connectivity index (χ3v) is 5.85. The highest BCUT2D eigenvalue weighted by molar-refractivity contribution is 5.84. The molecule has 0 spiro atoms. The van der Waals surface area contributed by atoms with Crippen LogP contribution in [0.1, 0.15) is 41.3 Å². The van der Waals surface area contributed by atoms with Gasteiger partial charge in [0.25, 0.3) is 0 Å². The first-order valence-corrected chi connectivity index (χ1v) is 10.8. The third-order valence-electron chi connectivity index (χ3n) is 5.85. The molecule has 4 rings (SSSR count). The molecule has 5 nitrogen and oxygen atoms in total. The van der Waals surface area contributed by atoms with Crippen LogP contribution in [0.3, 0.4) is 0 Å². The van der Waals surface area contributed by atoms with E-state index in [1.807, 2.05) is 22.9 Å². The second-order valence-corrected chi connectivity index (χ2v) is 8.14. The molecule has 9 heteroatoms. The van der Waals surface area contributed by atoms with Crippen LogP contribution in [0.15, 0.2) is 66.9 Å². The Morgan fingerprint density at radius 1 is 0.971 bits per heavy atom. The van der Waals surface area contributed by atoms with Gasteiger partial charge in [-0.1, -0.05) is 24.3 Å². The van der Waals surface area contributed by atoms with Crippen LogP contribution in [0.5, 0.6) is 0 Å². The Balaban J connectivity index is 1.38. The molecule has 0 bridgehead atoms. The molecule has 1 aliphatic heterocycles. The van der Waals surface area contributed by atoms with Crippen molar-refractivity contribution in [3.63, 3.8) is 0 Å². The van der Waals surface area contributed by atoms with Crippen LogP contribution in [0.25, 0.3) is 0 Å².